The van der Waals surface area contributed by atoms with Gasteiger partial charge in [0.15, 0.2) is 0 Å². The van der Waals surface area contributed by atoms with Crippen molar-refractivity contribution in [1.29, 1.82) is 0 Å². The highest BCUT2D eigenvalue weighted by Crippen LogP contribution is 2.42. The van der Waals surface area contributed by atoms with Crippen LogP contribution in [0.2, 0.25) is 0 Å². The van der Waals surface area contributed by atoms with Gasteiger partial charge in [-0.2, -0.15) is 0 Å². The van der Waals surface area contributed by atoms with Crippen LogP contribution in [0.15, 0.2) is 18.2 Å². The van der Waals surface area contributed by atoms with Crippen molar-refractivity contribution < 1.29 is 18.5 Å². The van der Waals surface area contributed by atoms with E-state index in [0.29, 0.717) is 18.4 Å². The number of nitrogens with zero attached hydrogens (tertiary/aromatic N) is 2. The minimum Gasteiger partial charge on any atom is -0.442 e. The second kappa shape index (κ2) is 6.22. The first-order valence-electron chi connectivity index (χ1n) is 9.46. The smallest absolute Gasteiger partial charge is 0.415 e. The molecule has 0 bridgehead atoms. The third-order valence-corrected chi connectivity index (χ3v) is 7.85. The lowest BCUT2D eigenvalue weighted by atomic mass is 10.0. The average molecular weight is 389 g/mol. The maximum Gasteiger partial charge on any atom is 0.415 e. The fourth-order valence-corrected chi connectivity index (χ4v) is 6.80. The minimum atomic E-state index is -0.634. The fourth-order valence-electron chi connectivity index (χ4n) is 4.95. The van der Waals surface area contributed by atoms with Crippen molar-refractivity contribution in [2.75, 3.05) is 40.9 Å². The van der Waals surface area contributed by atoms with Crippen molar-refractivity contribution in [3.8, 4) is 0 Å². The largest absolute Gasteiger partial charge is 0.442 e. The van der Waals surface area contributed by atoms with Crippen LogP contribution in [-0.4, -0.2) is 59.5 Å². The molecule has 4 aliphatic rings. The summed E-state index contributed by atoms with van der Waals surface area (Å²) in [6, 6.07) is 6.22. The summed E-state index contributed by atoms with van der Waals surface area (Å²) < 4.78 is 17.2. The van der Waals surface area contributed by atoms with Gasteiger partial charge in [0.1, 0.15) is 6.10 Å². The molecule has 1 N–H and O–H groups in total. The van der Waals surface area contributed by atoms with Crippen LogP contribution in [0, 0.1) is 11.8 Å². The van der Waals surface area contributed by atoms with Gasteiger partial charge in [0.25, 0.3) is 0 Å². The standard InChI is InChI=1S/C19H23N3O4S/c1-11(23)20-6-18-17-5-12-4-15(2-3-16(12)22(17)19(24)26-18)21-7-13-9-27(25)10-14(13)8-21/h2-4,13-14,17-18H,5-10H2,1H3,(H,20,23)/t13?,14?,17-,18-,27?/m0/s1. The highest BCUT2D eigenvalue weighted by Gasteiger charge is 2.47. The van der Waals surface area contributed by atoms with E-state index in [9.17, 15) is 13.8 Å². The molecule has 3 fully saturated rings. The topological polar surface area (TPSA) is 79.0 Å². The van der Waals surface area contributed by atoms with Gasteiger partial charge in [0, 0.05) is 48.0 Å². The number of fused-ring (bicyclic) bond motifs is 4. The molecule has 4 atom stereocenters. The van der Waals surface area contributed by atoms with E-state index in [0.717, 1.165) is 42.3 Å². The summed E-state index contributed by atoms with van der Waals surface area (Å²) in [4.78, 5) is 27.6. The van der Waals surface area contributed by atoms with E-state index in [-0.39, 0.29) is 24.1 Å². The number of carbonyl (C=O) groups is 2. The molecule has 144 valence electrons. The number of amides is 2. The Labute approximate surface area is 160 Å². The van der Waals surface area contributed by atoms with Crippen LogP contribution >= 0.6 is 0 Å². The Bertz CT molecular complexity index is 828. The summed E-state index contributed by atoms with van der Waals surface area (Å²) in [5, 5.41) is 2.75. The quantitative estimate of drug-likeness (QED) is 0.831. The Kier molecular flexibility index (Phi) is 3.93. The lowest BCUT2D eigenvalue weighted by Gasteiger charge is -2.21. The van der Waals surface area contributed by atoms with E-state index in [1.807, 2.05) is 6.07 Å². The molecule has 0 spiro atoms. The van der Waals surface area contributed by atoms with Crippen LogP contribution in [0.3, 0.4) is 0 Å². The summed E-state index contributed by atoms with van der Waals surface area (Å²) in [5.41, 5.74) is 3.25. The molecule has 8 heteroatoms. The number of benzene rings is 1. The first-order chi connectivity index (χ1) is 13.0. The fraction of sp³-hybridized carbons (Fsp3) is 0.579. The molecule has 0 saturated carbocycles. The Balaban J connectivity index is 1.34. The molecule has 0 aromatic heterocycles. The molecule has 0 radical (unpaired) electrons. The van der Waals surface area contributed by atoms with Gasteiger partial charge in [0.2, 0.25) is 5.91 Å². The van der Waals surface area contributed by atoms with Gasteiger partial charge >= 0.3 is 6.09 Å². The molecule has 4 heterocycles. The predicted molar refractivity (Wildman–Crippen MR) is 102 cm³/mol. The van der Waals surface area contributed by atoms with E-state index >= 15 is 0 Å². The Morgan fingerprint density at radius 3 is 2.74 bits per heavy atom. The summed E-state index contributed by atoms with van der Waals surface area (Å²) >= 11 is 0. The maximum atomic E-state index is 12.3. The lowest BCUT2D eigenvalue weighted by molar-refractivity contribution is -0.119. The molecular formula is C19H23N3O4S. The normalized spacial score (nSPS) is 33.7. The average Bonchev–Trinajstić information content (AvgIpc) is 3.32. The molecule has 27 heavy (non-hydrogen) atoms. The van der Waals surface area contributed by atoms with Crippen LogP contribution in [0.1, 0.15) is 12.5 Å². The molecular weight excluding hydrogens is 366 g/mol. The number of nitrogens with one attached hydrogen (secondary N) is 1. The number of hydrogen-bond acceptors (Lipinski definition) is 5. The molecule has 0 aliphatic carbocycles. The van der Waals surface area contributed by atoms with Crippen molar-refractivity contribution in [2.45, 2.75) is 25.5 Å². The van der Waals surface area contributed by atoms with Crippen molar-refractivity contribution >= 4 is 34.2 Å². The Hall–Kier alpha value is -2.09. The summed E-state index contributed by atoms with van der Waals surface area (Å²) in [5.74, 6) is 2.62. The molecule has 7 nitrogen and oxygen atoms in total. The van der Waals surface area contributed by atoms with Crippen LogP contribution in [-0.2, 0) is 26.8 Å². The van der Waals surface area contributed by atoms with Gasteiger partial charge in [-0.3, -0.25) is 13.9 Å². The van der Waals surface area contributed by atoms with E-state index in [4.69, 9.17) is 4.74 Å². The van der Waals surface area contributed by atoms with Crippen molar-refractivity contribution in [2.24, 2.45) is 11.8 Å². The predicted octanol–water partition coefficient (Wildman–Crippen LogP) is 0.887. The van der Waals surface area contributed by atoms with Gasteiger partial charge in [-0.05, 0) is 42.0 Å². The van der Waals surface area contributed by atoms with Crippen LogP contribution < -0.4 is 15.1 Å². The van der Waals surface area contributed by atoms with Crippen LogP contribution in [0.25, 0.3) is 0 Å². The molecule has 2 unspecified atom stereocenters. The zero-order chi connectivity index (χ0) is 18.7. The highest BCUT2D eigenvalue weighted by molar-refractivity contribution is 7.85. The molecule has 5 rings (SSSR count). The molecule has 1 aromatic carbocycles. The molecule has 3 saturated heterocycles. The summed E-state index contributed by atoms with van der Waals surface area (Å²) in [6.45, 7) is 3.74. The van der Waals surface area contributed by atoms with Crippen molar-refractivity contribution in [1.82, 2.24) is 5.32 Å². The SMILES string of the molecule is CC(=O)NC[C@@H]1OC(=O)N2c3ccc(N4CC5CS(=O)CC5C4)cc3C[C@@H]12. The van der Waals surface area contributed by atoms with E-state index in [1.54, 1.807) is 4.90 Å². The minimum absolute atomic E-state index is 0.0602. The van der Waals surface area contributed by atoms with Gasteiger partial charge < -0.3 is 15.0 Å². The van der Waals surface area contributed by atoms with Gasteiger partial charge in [-0.1, -0.05) is 0 Å². The highest BCUT2D eigenvalue weighted by atomic mass is 32.2. The zero-order valence-electron chi connectivity index (χ0n) is 15.2. The molecule has 4 aliphatic heterocycles. The van der Waals surface area contributed by atoms with E-state index in [2.05, 4.69) is 22.3 Å². The van der Waals surface area contributed by atoms with Crippen molar-refractivity contribution in [3.63, 3.8) is 0 Å². The molecule has 1 aromatic rings. The number of ether oxygens (including phenoxy) is 1. The second-order valence-electron chi connectivity index (χ2n) is 8.01. The number of cyclic esters (lactones) is 1. The third-order valence-electron chi connectivity index (χ3n) is 6.26. The number of rotatable bonds is 3. The number of anilines is 2. The molecule has 2 amide bonds. The monoisotopic (exact) mass is 389 g/mol. The Morgan fingerprint density at radius 1 is 1.30 bits per heavy atom. The van der Waals surface area contributed by atoms with Crippen LogP contribution in [0.5, 0.6) is 0 Å². The first-order valence-corrected chi connectivity index (χ1v) is 11.0. The lowest BCUT2D eigenvalue weighted by Crippen LogP contribution is -2.40. The van der Waals surface area contributed by atoms with Crippen LogP contribution in [0.4, 0.5) is 16.2 Å². The summed E-state index contributed by atoms with van der Waals surface area (Å²) in [6.07, 6.45) is 0.0857. The summed E-state index contributed by atoms with van der Waals surface area (Å²) in [7, 11) is -0.634. The number of carbonyl (C=O) groups excluding carboxylic acids is 2. The van der Waals surface area contributed by atoms with Gasteiger partial charge in [-0.25, -0.2) is 4.79 Å². The van der Waals surface area contributed by atoms with E-state index in [1.165, 1.54) is 12.6 Å². The first kappa shape index (κ1) is 17.0. The van der Waals surface area contributed by atoms with Crippen molar-refractivity contribution in [3.05, 3.63) is 23.8 Å². The van der Waals surface area contributed by atoms with Gasteiger partial charge in [0.05, 0.1) is 18.3 Å². The van der Waals surface area contributed by atoms with Gasteiger partial charge in [-0.15, -0.1) is 0 Å². The second-order valence-corrected chi connectivity index (χ2v) is 9.56. The zero-order valence-corrected chi connectivity index (χ0v) is 16.0. The maximum absolute atomic E-state index is 12.3. The third kappa shape index (κ3) is 2.81. The number of hydrogen-bond donors (Lipinski definition) is 1. The van der Waals surface area contributed by atoms with E-state index < -0.39 is 10.8 Å². The Morgan fingerprint density at radius 2 is 2.04 bits per heavy atom.